The van der Waals surface area contributed by atoms with Crippen molar-refractivity contribution in [2.45, 2.75) is 25.3 Å². The summed E-state index contributed by atoms with van der Waals surface area (Å²) in [6.45, 7) is 0. The molecule has 0 saturated heterocycles. The van der Waals surface area contributed by atoms with Gasteiger partial charge in [-0.25, -0.2) is 0 Å². The zero-order valence-corrected chi connectivity index (χ0v) is 9.70. The minimum Gasteiger partial charge on any atom is -0.481 e. The fraction of sp³-hybridized carbons (Fsp3) is 0.417. The van der Waals surface area contributed by atoms with Crippen molar-refractivity contribution in [2.75, 3.05) is 5.32 Å². The van der Waals surface area contributed by atoms with Crippen LogP contribution in [0.25, 0.3) is 0 Å². The summed E-state index contributed by atoms with van der Waals surface area (Å²) in [5.74, 6) is -1.31. The highest BCUT2D eigenvalue weighted by Gasteiger charge is 2.33. The lowest BCUT2D eigenvalue weighted by Gasteiger charge is -2.18. The molecule has 6 heteroatoms. The van der Waals surface area contributed by atoms with Crippen LogP contribution in [0.1, 0.15) is 19.3 Å². The van der Waals surface area contributed by atoms with E-state index in [1.54, 1.807) is 18.2 Å². The maximum atomic E-state index is 11.0. The van der Waals surface area contributed by atoms with Gasteiger partial charge in [0.05, 0.1) is 10.8 Å². The van der Waals surface area contributed by atoms with Crippen LogP contribution in [0.2, 0.25) is 0 Å². The Morgan fingerprint density at radius 3 is 2.78 bits per heavy atom. The van der Waals surface area contributed by atoms with Crippen molar-refractivity contribution in [2.24, 2.45) is 5.92 Å². The van der Waals surface area contributed by atoms with Crippen molar-refractivity contribution in [1.29, 1.82) is 0 Å². The van der Waals surface area contributed by atoms with E-state index in [9.17, 15) is 14.9 Å². The van der Waals surface area contributed by atoms with Gasteiger partial charge in [0.2, 0.25) is 0 Å². The first kappa shape index (κ1) is 12.3. The average molecular weight is 250 g/mol. The van der Waals surface area contributed by atoms with E-state index in [2.05, 4.69) is 5.32 Å². The number of hydrogen-bond donors (Lipinski definition) is 2. The lowest BCUT2D eigenvalue weighted by Crippen LogP contribution is -2.29. The third kappa shape index (κ3) is 2.42. The van der Waals surface area contributed by atoms with Crippen molar-refractivity contribution in [3.8, 4) is 0 Å². The molecule has 0 aromatic heterocycles. The molecule has 96 valence electrons. The average Bonchev–Trinajstić information content (AvgIpc) is 2.77. The Morgan fingerprint density at radius 1 is 1.39 bits per heavy atom. The molecule has 2 atom stereocenters. The number of rotatable bonds is 4. The van der Waals surface area contributed by atoms with Crippen molar-refractivity contribution >= 4 is 17.3 Å². The second-order valence-corrected chi connectivity index (χ2v) is 4.40. The molecule has 2 unspecified atom stereocenters. The smallest absolute Gasteiger partial charge is 0.308 e. The van der Waals surface area contributed by atoms with Gasteiger partial charge in [0.15, 0.2) is 0 Å². The largest absolute Gasteiger partial charge is 0.481 e. The summed E-state index contributed by atoms with van der Waals surface area (Å²) in [6.07, 6.45) is 2.17. The number of carbonyl (C=O) groups is 1. The second kappa shape index (κ2) is 5.03. The summed E-state index contributed by atoms with van der Waals surface area (Å²) < 4.78 is 0. The van der Waals surface area contributed by atoms with Gasteiger partial charge in [0.1, 0.15) is 5.69 Å². The molecule has 0 amide bonds. The molecule has 1 saturated carbocycles. The van der Waals surface area contributed by atoms with Crippen LogP contribution in [-0.4, -0.2) is 22.0 Å². The number of nitro benzene ring substituents is 1. The Labute approximate surface area is 104 Å². The number of nitro groups is 1. The predicted octanol–water partition coefficient (Wildman–Crippen LogP) is 2.26. The summed E-state index contributed by atoms with van der Waals surface area (Å²) in [5, 5.41) is 22.9. The van der Waals surface area contributed by atoms with Crippen LogP contribution in [0, 0.1) is 16.0 Å². The molecule has 0 heterocycles. The minimum atomic E-state index is -0.844. The maximum Gasteiger partial charge on any atom is 0.308 e. The standard InChI is InChI=1S/C12H14N2O4/c15-12(16)8-4-3-6-9(8)13-10-5-1-2-7-11(10)14(17)18/h1-2,5,7-9,13H,3-4,6H2,(H,15,16). The number of carboxylic acids is 1. The van der Waals surface area contributed by atoms with Gasteiger partial charge in [-0.3, -0.25) is 14.9 Å². The van der Waals surface area contributed by atoms with E-state index in [4.69, 9.17) is 5.11 Å². The molecule has 6 nitrogen and oxygen atoms in total. The highest BCUT2D eigenvalue weighted by Crippen LogP contribution is 2.32. The molecule has 1 aliphatic rings. The zero-order chi connectivity index (χ0) is 13.1. The Bertz CT molecular complexity index is 475. The van der Waals surface area contributed by atoms with Crippen molar-refractivity contribution in [3.63, 3.8) is 0 Å². The van der Waals surface area contributed by atoms with E-state index in [1.165, 1.54) is 6.07 Å². The number of aliphatic carboxylic acids is 1. The number of nitrogens with one attached hydrogen (secondary N) is 1. The molecule has 0 radical (unpaired) electrons. The highest BCUT2D eigenvalue weighted by molar-refractivity contribution is 5.73. The maximum absolute atomic E-state index is 11.0. The first-order valence-electron chi connectivity index (χ1n) is 5.82. The number of nitrogens with zero attached hydrogens (tertiary/aromatic N) is 1. The van der Waals surface area contributed by atoms with Gasteiger partial charge in [-0.2, -0.15) is 0 Å². The van der Waals surface area contributed by atoms with E-state index in [-0.39, 0.29) is 11.7 Å². The van der Waals surface area contributed by atoms with Crippen LogP contribution in [0.3, 0.4) is 0 Å². The highest BCUT2D eigenvalue weighted by atomic mass is 16.6. The summed E-state index contributed by atoms with van der Waals surface area (Å²) >= 11 is 0. The van der Waals surface area contributed by atoms with Gasteiger partial charge in [-0.1, -0.05) is 18.6 Å². The van der Waals surface area contributed by atoms with Gasteiger partial charge in [0.25, 0.3) is 5.69 Å². The van der Waals surface area contributed by atoms with Crippen LogP contribution in [0.4, 0.5) is 11.4 Å². The summed E-state index contributed by atoms with van der Waals surface area (Å²) in [7, 11) is 0. The Balaban J connectivity index is 2.19. The lowest BCUT2D eigenvalue weighted by molar-refractivity contribution is -0.384. The second-order valence-electron chi connectivity index (χ2n) is 4.40. The summed E-state index contributed by atoms with van der Waals surface area (Å²) in [6, 6.07) is 6.07. The van der Waals surface area contributed by atoms with Crippen LogP contribution < -0.4 is 5.32 Å². The Kier molecular flexibility index (Phi) is 3.45. The van der Waals surface area contributed by atoms with Gasteiger partial charge < -0.3 is 10.4 Å². The molecule has 18 heavy (non-hydrogen) atoms. The van der Waals surface area contributed by atoms with Crippen molar-refractivity contribution in [1.82, 2.24) is 0 Å². The Morgan fingerprint density at radius 2 is 2.11 bits per heavy atom. The summed E-state index contributed by atoms with van der Waals surface area (Å²) in [4.78, 5) is 21.4. The van der Waals surface area contributed by atoms with Crippen molar-refractivity contribution < 1.29 is 14.8 Å². The van der Waals surface area contributed by atoms with Gasteiger partial charge in [0, 0.05) is 12.1 Å². The number of hydrogen-bond acceptors (Lipinski definition) is 4. The minimum absolute atomic E-state index is 0.0199. The summed E-state index contributed by atoms with van der Waals surface area (Å²) in [5.41, 5.74) is 0.370. The lowest BCUT2D eigenvalue weighted by atomic mass is 10.0. The molecule has 2 rings (SSSR count). The molecule has 1 aromatic rings. The van der Waals surface area contributed by atoms with Crippen LogP contribution >= 0.6 is 0 Å². The topological polar surface area (TPSA) is 92.5 Å². The van der Waals surface area contributed by atoms with E-state index >= 15 is 0 Å². The monoisotopic (exact) mass is 250 g/mol. The van der Waals surface area contributed by atoms with E-state index in [0.29, 0.717) is 12.1 Å². The van der Waals surface area contributed by atoms with Gasteiger partial charge in [-0.05, 0) is 18.9 Å². The SMILES string of the molecule is O=C(O)C1CCCC1Nc1ccccc1[N+](=O)[O-]. The third-order valence-corrected chi connectivity index (χ3v) is 3.27. The molecule has 1 fully saturated rings. The molecule has 0 bridgehead atoms. The van der Waals surface area contributed by atoms with Crippen LogP contribution in [0.5, 0.6) is 0 Å². The van der Waals surface area contributed by atoms with Crippen LogP contribution in [-0.2, 0) is 4.79 Å². The van der Waals surface area contributed by atoms with E-state index in [0.717, 1.165) is 12.8 Å². The quantitative estimate of drug-likeness (QED) is 0.631. The first-order chi connectivity index (χ1) is 8.59. The van der Waals surface area contributed by atoms with Crippen LogP contribution in [0.15, 0.2) is 24.3 Å². The van der Waals surface area contributed by atoms with Gasteiger partial charge in [-0.15, -0.1) is 0 Å². The zero-order valence-electron chi connectivity index (χ0n) is 9.70. The molecule has 2 N–H and O–H groups in total. The molecular formula is C12H14N2O4. The van der Waals surface area contributed by atoms with Crippen molar-refractivity contribution in [3.05, 3.63) is 34.4 Å². The molecule has 0 spiro atoms. The third-order valence-electron chi connectivity index (χ3n) is 3.27. The molecule has 1 aromatic carbocycles. The number of carboxylic acid groups (broad SMARTS) is 1. The van der Waals surface area contributed by atoms with E-state index in [1.807, 2.05) is 0 Å². The number of para-hydroxylation sites is 2. The van der Waals surface area contributed by atoms with Gasteiger partial charge >= 0.3 is 5.97 Å². The molecular weight excluding hydrogens is 236 g/mol. The number of benzene rings is 1. The molecule has 1 aliphatic carbocycles. The Hall–Kier alpha value is -2.11. The normalized spacial score (nSPS) is 22.7. The molecule has 0 aliphatic heterocycles. The fourth-order valence-corrected chi connectivity index (χ4v) is 2.38. The fourth-order valence-electron chi connectivity index (χ4n) is 2.38. The predicted molar refractivity (Wildman–Crippen MR) is 65.5 cm³/mol. The van der Waals surface area contributed by atoms with E-state index < -0.39 is 16.8 Å². The first-order valence-corrected chi connectivity index (χ1v) is 5.82. The number of anilines is 1.